The van der Waals surface area contributed by atoms with Gasteiger partial charge in [0.15, 0.2) is 0 Å². The summed E-state index contributed by atoms with van der Waals surface area (Å²) in [4.78, 5) is 21.6. The number of rotatable bonds is 3. The predicted octanol–water partition coefficient (Wildman–Crippen LogP) is 3.31. The van der Waals surface area contributed by atoms with E-state index >= 15 is 0 Å². The van der Waals surface area contributed by atoms with Gasteiger partial charge in [0.05, 0.1) is 18.6 Å². The van der Waals surface area contributed by atoms with Gasteiger partial charge in [0.25, 0.3) is 0 Å². The molecule has 1 fully saturated rings. The summed E-state index contributed by atoms with van der Waals surface area (Å²) in [5.74, 6) is 0.764. The van der Waals surface area contributed by atoms with Crippen molar-refractivity contribution in [3.63, 3.8) is 0 Å². The molecule has 2 aliphatic rings. The van der Waals surface area contributed by atoms with Crippen LogP contribution in [0.15, 0.2) is 6.33 Å². The van der Waals surface area contributed by atoms with Crippen molar-refractivity contribution in [2.24, 2.45) is 5.92 Å². The molecule has 1 N–H and O–H groups in total. The second-order valence-electron chi connectivity index (χ2n) is 6.58. The Hall–Kier alpha value is -1.52. The number of nitrogens with one attached hydrogen (secondary N) is 1. The fourth-order valence-corrected chi connectivity index (χ4v) is 3.64. The van der Waals surface area contributed by atoms with Gasteiger partial charge in [-0.05, 0) is 25.2 Å². The molecule has 1 amide bonds. The first-order valence-electron chi connectivity index (χ1n) is 8.76. The first kappa shape index (κ1) is 15.4. The van der Waals surface area contributed by atoms with E-state index in [4.69, 9.17) is 4.74 Å². The summed E-state index contributed by atoms with van der Waals surface area (Å²) in [5.41, 5.74) is 2.32. The minimum absolute atomic E-state index is 0.144. The topological polar surface area (TPSA) is 58.2 Å². The third-order valence-electron chi connectivity index (χ3n) is 5.02. The molecule has 0 saturated heterocycles. The summed E-state index contributed by atoms with van der Waals surface area (Å²) < 4.78 is 5.51. The molecule has 0 aromatic carbocycles. The third kappa shape index (κ3) is 4.02. The Morgan fingerprint density at radius 3 is 2.95 bits per heavy atom. The number of imidazole rings is 1. The van der Waals surface area contributed by atoms with E-state index in [0.717, 1.165) is 43.8 Å². The zero-order valence-corrected chi connectivity index (χ0v) is 13.4. The van der Waals surface area contributed by atoms with Gasteiger partial charge in [-0.3, -0.25) is 0 Å². The smallest absolute Gasteiger partial charge is 0.409 e. The van der Waals surface area contributed by atoms with Gasteiger partial charge >= 0.3 is 6.09 Å². The van der Waals surface area contributed by atoms with Crippen molar-refractivity contribution in [3.8, 4) is 0 Å². The lowest BCUT2D eigenvalue weighted by atomic mass is 9.87. The average Bonchev–Trinajstić information content (AvgIpc) is 2.95. The highest BCUT2D eigenvalue weighted by molar-refractivity contribution is 5.67. The van der Waals surface area contributed by atoms with Gasteiger partial charge in [-0.25, -0.2) is 9.78 Å². The van der Waals surface area contributed by atoms with Crippen LogP contribution in [0.1, 0.15) is 56.3 Å². The Kier molecular flexibility index (Phi) is 5.35. The Balaban J connectivity index is 1.42. The molecule has 22 heavy (non-hydrogen) atoms. The number of hydrogen-bond donors (Lipinski definition) is 1. The number of aromatic nitrogens is 2. The molecule has 0 unspecified atom stereocenters. The highest BCUT2D eigenvalue weighted by Gasteiger charge is 2.20. The van der Waals surface area contributed by atoms with Crippen molar-refractivity contribution in [2.45, 2.75) is 57.8 Å². The van der Waals surface area contributed by atoms with E-state index in [-0.39, 0.29) is 6.09 Å². The van der Waals surface area contributed by atoms with Gasteiger partial charge in [0.1, 0.15) is 0 Å². The van der Waals surface area contributed by atoms with Crippen molar-refractivity contribution in [1.82, 2.24) is 14.9 Å². The normalized spacial score (nSPS) is 20.1. The molecule has 0 radical (unpaired) electrons. The van der Waals surface area contributed by atoms with Crippen LogP contribution in [0.2, 0.25) is 0 Å². The number of hydrogen-bond acceptors (Lipinski definition) is 3. The molecule has 3 rings (SSSR count). The van der Waals surface area contributed by atoms with Gasteiger partial charge in [0, 0.05) is 25.2 Å². The monoisotopic (exact) mass is 305 g/mol. The van der Waals surface area contributed by atoms with Crippen LogP contribution in [0.5, 0.6) is 0 Å². The Morgan fingerprint density at radius 1 is 1.23 bits per heavy atom. The molecule has 0 spiro atoms. The number of ether oxygens (including phenoxy) is 1. The highest BCUT2D eigenvalue weighted by Crippen LogP contribution is 2.26. The number of carbonyl (C=O) groups is 1. The lowest BCUT2D eigenvalue weighted by Crippen LogP contribution is -2.36. The maximum absolute atomic E-state index is 12.2. The molecule has 0 atom stereocenters. The number of nitrogens with zero attached hydrogens (tertiary/aromatic N) is 2. The van der Waals surface area contributed by atoms with Crippen molar-refractivity contribution < 1.29 is 9.53 Å². The van der Waals surface area contributed by atoms with Crippen molar-refractivity contribution >= 4 is 6.09 Å². The first-order valence-corrected chi connectivity index (χ1v) is 8.76. The maximum atomic E-state index is 12.2. The fourth-order valence-electron chi connectivity index (χ4n) is 3.64. The molecule has 5 nitrogen and oxygen atoms in total. The summed E-state index contributed by atoms with van der Waals surface area (Å²) in [6.45, 7) is 2.06. The number of H-pyrrole nitrogens is 1. The molecule has 0 bridgehead atoms. The molecule has 1 aromatic heterocycles. The van der Waals surface area contributed by atoms with Crippen LogP contribution in [-0.4, -0.2) is 40.7 Å². The van der Waals surface area contributed by atoms with Crippen LogP contribution in [-0.2, 0) is 17.6 Å². The number of fused-ring (bicyclic) bond motifs is 1. The van der Waals surface area contributed by atoms with Crippen molar-refractivity contribution in [1.29, 1.82) is 0 Å². The predicted molar refractivity (Wildman–Crippen MR) is 84.7 cm³/mol. The standard InChI is InChI=1S/C17H27N3O2/c21-17(22-12-9-14-5-2-1-3-6-14)20-10-4-7-15-16(8-11-20)19-13-18-15/h13-14H,1-12H2,(H,18,19). The van der Waals surface area contributed by atoms with Gasteiger partial charge in [-0.15, -0.1) is 0 Å². The SMILES string of the molecule is O=C(OCCC1CCCCC1)N1CCCc2[nH]cnc2CC1. The van der Waals surface area contributed by atoms with Gasteiger partial charge in [-0.1, -0.05) is 32.1 Å². The Morgan fingerprint density at radius 2 is 2.09 bits per heavy atom. The van der Waals surface area contributed by atoms with Gasteiger partial charge in [-0.2, -0.15) is 0 Å². The average molecular weight is 305 g/mol. The van der Waals surface area contributed by atoms with Crippen molar-refractivity contribution in [3.05, 3.63) is 17.7 Å². The van der Waals surface area contributed by atoms with Crippen LogP contribution in [0.3, 0.4) is 0 Å². The minimum atomic E-state index is -0.144. The lowest BCUT2D eigenvalue weighted by molar-refractivity contribution is 0.0937. The Labute approximate surface area is 132 Å². The quantitative estimate of drug-likeness (QED) is 0.932. The molecular weight excluding hydrogens is 278 g/mol. The molecular formula is C17H27N3O2. The summed E-state index contributed by atoms with van der Waals surface area (Å²) in [6.07, 6.45) is 12.1. The molecule has 1 aliphatic heterocycles. The number of carbonyl (C=O) groups excluding carboxylic acids is 1. The molecule has 1 aliphatic carbocycles. The molecule has 122 valence electrons. The molecule has 2 heterocycles. The van der Waals surface area contributed by atoms with E-state index in [9.17, 15) is 4.79 Å². The highest BCUT2D eigenvalue weighted by atomic mass is 16.6. The summed E-state index contributed by atoms with van der Waals surface area (Å²) in [6, 6.07) is 0. The summed E-state index contributed by atoms with van der Waals surface area (Å²) >= 11 is 0. The van der Waals surface area contributed by atoms with Crippen LogP contribution < -0.4 is 0 Å². The van der Waals surface area contributed by atoms with E-state index in [0.29, 0.717) is 13.2 Å². The van der Waals surface area contributed by atoms with Crippen LogP contribution >= 0.6 is 0 Å². The molecule has 5 heteroatoms. The van der Waals surface area contributed by atoms with Gasteiger partial charge < -0.3 is 14.6 Å². The third-order valence-corrected chi connectivity index (χ3v) is 5.02. The van der Waals surface area contributed by atoms with E-state index in [2.05, 4.69) is 9.97 Å². The maximum Gasteiger partial charge on any atom is 0.409 e. The molecule has 1 saturated carbocycles. The lowest BCUT2D eigenvalue weighted by Gasteiger charge is -2.25. The summed E-state index contributed by atoms with van der Waals surface area (Å²) in [5, 5.41) is 0. The first-order chi connectivity index (χ1) is 10.8. The fraction of sp³-hybridized carbons (Fsp3) is 0.765. The number of aromatic amines is 1. The molecule has 1 aromatic rings. The van der Waals surface area contributed by atoms with Crippen LogP contribution in [0.4, 0.5) is 4.79 Å². The second kappa shape index (κ2) is 7.65. The second-order valence-corrected chi connectivity index (χ2v) is 6.58. The minimum Gasteiger partial charge on any atom is -0.449 e. The van der Waals surface area contributed by atoms with Crippen LogP contribution in [0.25, 0.3) is 0 Å². The zero-order chi connectivity index (χ0) is 15.2. The van der Waals surface area contributed by atoms with E-state index in [1.54, 1.807) is 6.33 Å². The van der Waals surface area contributed by atoms with E-state index in [1.165, 1.54) is 37.8 Å². The number of amides is 1. The van der Waals surface area contributed by atoms with Gasteiger partial charge in [0.2, 0.25) is 0 Å². The zero-order valence-electron chi connectivity index (χ0n) is 13.4. The van der Waals surface area contributed by atoms with E-state index in [1.807, 2.05) is 4.90 Å². The largest absolute Gasteiger partial charge is 0.449 e. The van der Waals surface area contributed by atoms with E-state index < -0.39 is 0 Å². The Bertz CT molecular complexity index is 480. The summed E-state index contributed by atoms with van der Waals surface area (Å²) in [7, 11) is 0. The number of aryl methyl sites for hydroxylation is 1. The van der Waals surface area contributed by atoms with Crippen molar-refractivity contribution in [2.75, 3.05) is 19.7 Å². The van der Waals surface area contributed by atoms with Crippen LogP contribution in [0, 0.1) is 5.92 Å².